The normalized spacial score (nSPS) is 11.1. The molecular formula is C38H32IrN2O-2. The predicted octanol–water partition coefficient (Wildman–Crippen LogP) is 10.4. The first-order valence-corrected chi connectivity index (χ1v) is 14.1. The molecule has 0 unspecified atom stereocenters. The third-order valence-corrected chi connectivity index (χ3v) is 7.54. The van der Waals surface area contributed by atoms with Crippen LogP contribution in [0.15, 0.2) is 114 Å². The van der Waals surface area contributed by atoms with Crippen molar-refractivity contribution in [1.29, 1.82) is 0 Å². The number of hydrogen-bond donors (Lipinski definition) is 0. The number of hydrogen-bond acceptors (Lipinski definition) is 3. The van der Waals surface area contributed by atoms with Crippen molar-refractivity contribution in [3.05, 3.63) is 133 Å². The second-order valence-electron chi connectivity index (χ2n) is 11.0. The summed E-state index contributed by atoms with van der Waals surface area (Å²) < 4.78 is 5.38. The SMILES string of the molecule is CC(C)c1ccnc(-c2[c-]ccc3cc(C(C)C)ccc23)c1.[Ir].[c-]1ccc2ccccc2c1-c1noc2ccccc12. The summed E-state index contributed by atoms with van der Waals surface area (Å²) in [6, 6.07) is 41.9. The van der Waals surface area contributed by atoms with Gasteiger partial charge in [-0.05, 0) is 35.2 Å². The van der Waals surface area contributed by atoms with E-state index in [0.29, 0.717) is 11.8 Å². The fraction of sp³-hybridized carbons (Fsp3) is 0.158. The molecule has 0 aliphatic rings. The number of aromatic nitrogens is 2. The second-order valence-corrected chi connectivity index (χ2v) is 11.0. The van der Waals surface area contributed by atoms with Gasteiger partial charge in [0.2, 0.25) is 0 Å². The predicted molar refractivity (Wildman–Crippen MR) is 170 cm³/mol. The van der Waals surface area contributed by atoms with E-state index >= 15 is 0 Å². The Hall–Kier alpha value is -4.11. The van der Waals surface area contributed by atoms with E-state index in [4.69, 9.17) is 4.52 Å². The smallest absolute Gasteiger partial charge is 0.157 e. The Balaban J connectivity index is 0.000000165. The summed E-state index contributed by atoms with van der Waals surface area (Å²) in [6.07, 6.45) is 1.90. The summed E-state index contributed by atoms with van der Waals surface area (Å²) >= 11 is 0. The molecule has 0 spiro atoms. The van der Waals surface area contributed by atoms with E-state index in [1.807, 2.05) is 54.7 Å². The molecular weight excluding hydrogens is 693 g/mol. The molecule has 2 aromatic heterocycles. The molecule has 3 nitrogen and oxygen atoms in total. The van der Waals surface area contributed by atoms with Gasteiger partial charge >= 0.3 is 0 Å². The maximum Gasteiger partial charge on any atom is 0.157 e. The van der Waals surface area contributed by atoms with Crippen molar-refractivity contribution in [1.82, 2.24) is 10.1 Å². The molecule has 0 saturated carbocycles. The van der Waals surface area contributed by atoms with Crippen LogP contribution in [0.4, 0.5) is 0 Å². The average Bonchev–Trinajstić information content (AvgIpc) is 3.44. The maximum atomic E-state index is 5.38. The first-order chi connectivity index (χ1) is 20.0. The van der Waals surface area contributed by atoms with Gasteiger partial charge in [-0.25, -0.2) is 0 Å². The molecule has 0 aliphatic carbocycles. The first kappa shape index (κ1) is 29.4. The van der Waals surface area contributed by atoms with Crippen LogP contribution in [0.2, 0.25) is 0 Å². The standard InChI is InChI=1S/C21H22N.C17H10NO.Ir/c1-14(2)16-8-9-19-18(12-16)6-5-7-20(19)21-13-17(15(3)4)10-11-22-21;1-2-8-13-12(6-1)7-5-10-14(13)17-15-9-3-4-11-16(15)19-18-17;/h5-6,8-15H,1-4H3;1-9,11H;/q2*-1;. The molecule has 2 heterocycles. The average molecular weight is 725 g/mol. The number of pyridine rings is 1. The van der Waals surface area contributed by atoms with Gasteiger partial charge in [0.05, 0.1) is 0 Å². The Morgan fingerprint density at radius 2 is 1.26 bits per heavy atom. The second kappa shape index (κ2) is 12.8. The minimum atomic E-state index is 0. The summed E-state index contributed by atoms with van der Waals surface area (Å²) in [7, 11) is 0. The van der Waals surface area contributed by atoms with Crippen LogP contribution in [0.1, 0.15) is 50.7 Å². The molecule has 4 heteroatoms. The van der Waals surface area contributed by atoms with Gasteiger partial charge < -0.3 is 9.51 Å². The summed E-state index contributed by atoms with van der Waals surface area (Å²) in [5.41, 5.74) is 7.43. The van der Waals surface area contributed by atoms with E-state index in [-0.39, 0.29) is 20.1 Å². The van der Waals surface area contributed by atoms with E-state index < -0.39 is 0 Å². The van der Waals surface area contributed by atoms with Crippen molar-refractivity contribution < 1.29 is 24.6 Å². The quantitative estimate of drug-likeness (QED) is 0.170. The molecule has 0 N–H and O–H groups in total. The molecule has 7 rings (SSSR count). The van der Waals surface area contributed by atoms with Crippen LogP contribution in [0, 0.1) is 12.1 Å². The Morgan fingerprint density at radius 1 is 0.619 bits per heavy atom. The summed E-state index contributed by atoms with van der Waals surface area (Å²) in [4.78, 5) is 4.57. The third kappa shape index (κ3) is 5.92. The van der Waals surface area contributed by atoms with Crippen LogP contribution in [0.5, 0.6) is 0 Å². The Bertz CT molecular complexity index is 1970. The largest absolute Gasteiger partial charge is 0.366 e. The summed E-state index contributed by atoms with van der Waals surface area (Å²) in [5, 5.41) is 10.0. The third-order valence-electron chi connectivity index (χ3n) is 7.54. The minimum absolute atomic E-state index is 0. The van der Waals surface area contributed by atoms with E-state index in [1.54, 1.807) is 0 Å². The van der Waals surface area contributed by atoms with Crippen molar-refractivity contribution in [2.75, 3.05) is 0 Å². The van der Waals surface area contributed by atoms with Gasteiger partial charge in [0.15, 0.2) is 5.58 Å². The Labute approximate surface area is 261 Å². The van der Waals surface area contributed by atoms with Crippen LogP contribution in [-0.4, -0.2) is 10.1 Å². The van der Waals surface area contributed by atoms with Gasteiger partial charge in [-0.15, -0.1) is 63.5 Å². The molecule has 0 fully saturated rings. The van der Waals surface area contributed by atoms with Crippen molar-refractivity contribution in [2.45, 2.75) is 39.5 Å². The van der Waals surface area contributed by atoms with Crippen LogP contribution in [-0.2, 0) is 20.1 Å². The summed E-state index contributed by atoms with van der Waals surface area (Å²) in [5.74, 6) is 1.05. The minimum Gasteiger partial charge on any atom is -0.366 e. The number of nitrogens with zero attached hydrogens (tertiary/aromatic N) is 2. The molecule has 211 valence electrons. The maximum absolute atomic E-state index is 5.38. The number of para-hydroxylation sites is 1. The van der Waals surface area contributed by atoms with Gasteiger partial charge in [-0.1, -0.05) is 111 Å². The van der Waals surface area contributed by atoms with Crippen LogP contribution in [0.3, 0.4) is 0 Å². The monoisotopic (exact) mass is 725 g/mol. The van der Waals surface area contributed by atoms with Crippen molar-refractivity contribution in [2.24, 2.45) is 0 Å². The molecule has 0 saturated heterocycles. The Morgan fingerprint density at radius 3 is 2.05 bits per heavy atom. The molecule has 0 amide bonds. The fourth-order valence-corrected chi connectivity index (χ4v) is 5.18. The van der Waals surface area contributed by atoms with Crippen molar-refractivity contribution >= 4 is 32.5 Å². The number of benzene rings is 5. The molecule has 0 aliphatic heterocycles. The van der Waals surface area contributed by atoms with Crippen molar-refractivity contribution in [3.63, 3.8) is 0 Å². The molecule has 5 aromatic carbocycles. The van der Waals surface area contributed by atoms with Crippen molar-refractivity contribution in [3.8, 4) is 22.5 Å². The van der Waals surface area contributed by atoms with Crippen LogP contribution >= 0.6 is 0 Å². The van der Waals surface area contributed by atoms with E-state index in [2.05, 4.69) is 105 Å². The van der Waals surface area contributed by atoms with Crippen LogP contribution < -0.4 is 0 Å². The van der Waals surface area contributed by atoms with E-state index in [9.17, 15) is 0 Å². The first-order valence-electron chi connectivity index (χ1n) is 14.1. The molecule has 0 bridgehead atoms. The van der Waals surface area contributed by atoms with Gasteiger partial charge in [-0.2, -0.15) is 0 Å². The number of rotatable bonds is 4. The van der Waals surface area contributed by atoms with Gasteiger partial charge in [0, 0.05) is 37.4 Å². The Kier molecular flexibility index (Phi) is 8.97. The topological polar surface area (TPSA) is 38.9 Å². The molecule has 0 atom stereocenters. The van der Waals surface area contributed by atoms with Crippen LogP contribution in [0.25, 0.3) is 55.0 Å². The zero-order valence-electron chi connectivity index (χ0n) is 24.2. The molecule has 1 radical (unpaired) electrons. The zero-order chi connectivity index (χ0) is 28.3. The van der Waals surface area contributed by atoms with Gasteiger partial charge in [0.1, 0.15) is 0 Å². The van der Waals surface area contributed by atoms with Gasteiger partial charge in [-0.3, -0.25) is 0 Å². The molecule has 42 heavy (non-hydrogen) atoms. The molecule has 7 aromatic rings. The zero-order valence-corrected chi connectivity index (χ0v) is 26.6. The van der Waals surface area contributed by atoms with E-state index in [1.165, 1.54) is 27.3 Å². The van der Waals surface area contributed by atoms with E-state index in [0.717, 1.165) is 38.9 Å². The number of fused-ring (bicyclic) bond motifs is 3. The van der Waals surface area contributed by atoms with Gasteiger partial charge in [0.25, 0.3) is 0 Å². The summed E-state index contributed by atoms with van der Waals surface area (Å²) in [6.45, 7) is 8.87. The fourth-order valence-electron chi connectivity index (χ4n) is 5.18.